The molecule has 0 aliphatic heterocycles. The number of aryl methyl sites for hydroxylation is 1. The normalized spacial score (nSPS) is 10.5. The van der Waals surface area contributed by atoms with Crippen molar-refractivity contribution in [2.24, 2.45) is 0 Å². The highest BCUT2D eigenvalue weighted by Crippen LogP contribution is 2.30. The van der Waals surface area contributed by atoms with E-state index in [9.17, 15) is 4.39 Å². The molecule has 0 radical (unpaired) electrons. The maximum Gasteiger partial charge on any atom is 0.149 e. The number of nitrogens with zero attached hydrogens (tertiary/aromatic N) is 1. The Bertz CT molecular complexity index is 605. The third-order valence-corrected chi connectivity index (χ3v) is 3.66. The third kappa shape index (κ3) is 3.02. The summed E-state index contributed by atoms with van der Waals surface area (Å²) in [5, 5.41) is 3.57. The smallest absolute Gasteiger partial charge is 0.149 e. The van der Waals surface area contributed by atoms with Crippen LogP contribution in [-0.2, 0) is 0 Å². The van der Waals surface area contributed by atoms with Crippen LogP contribution in [0.15, 0.2) is 33.3 Å². The molecule has 94 valence electrons. The molecule has 6 heteroatoms. The van der Waals surface area contributed by atoms with E-state index in [1.165, 1.54) is 6.07 Å². The van der Waals surface area contributed by atoms with E-state index in [0.717, 1.165) is 15.7 Å². The molecule has 18 heavy (non-hydrogen) atoms. The van der Waals surface area contributed by atoms with E-state index in [1.807, 2.05) is 6.92 Å². The van der Waals surface area contributed by atoms with Crippen LogP contribution in [0, 0.1) is 12.7 Å². The molecule has 1 aromatic heterocycles. The second-order valence-electron chi connectivity index (χ2n) is 3.69. The van der Waals surface area contributed by atoms with Crippen LogP contribution in [-0.4, -0.2) is 4.98 Å². The van der Waals surface area contributed by atoms with Gasteiger partial charge in [0.2, 0.25) is 0 Å². The molecule has 1 aromatic carbocycles. The van der Waals surface area contributed by atoms with Gasteiger partial charge < -0.3 is 5.32 Å². The number of hydrogen-bond acceptors (Lipinski definition) is 2. The summed E-state index contributed by atoms with van der Waals surface area (Å²) in [7, 11) is 0. The number of rotatable bonds is 2. The Balaban J connectivity index is 2.37. The molecule has 0 fully saturated rings. The highest BCUT2D eigenvalue weighted by molar-refractivity contribution is 9.10. The lowest BCUT2D eigenvalue weighted by Crippen LogP contribution is -1.97. The van der Waals surface area contributed by atoms with Gasteiger partial charge in [-0.2, -0.15) is 0 Å². The molecule has 0 atom stereocenters. The van der Waals surface area contributed by atoms with Gasteiger partial charge >= 0.3 is 0 Å². The van der Waals surface area contributed by atoms with Crippen LogP contribution in [0.4, 0.5) is 15.9 Å². The molecule has 1 heterocycles. The minimum Gasteiger partial charge on any atom is -0.339 e. The van der Waals surface area contributed by atoms with Crippen LogP contribution in [0.25, 0.3) is 0 Å². The summed E-state index contributed by atoms with van der Waals surface area (Å²) in [5.41, 5.74) is 1.52. The summed E-state index contributed by atoms with van der Waals surface area (Å²) in [4.78, 5) is 4.17. The molecular weight excluding hydrogens is 386 g/mol. The van der Waals surface area contributed by atoms with Crippen LogP contribution >= 0.6 is 43.5 Å². The number of benzene rings is 1. The maximum absolute atomic E-state index is 13.3. The summed E-state index contributed by atoms with van der Waals surface area (Å²) in [6.07, 6.45) is 1.64. The number of hydrogen-bond donors (Lipinski definition) is 1. The molecule has 0 aliphatic carbocycles. The average molecular weight is 394 g/mol. The highest BCUT2D eigenvalue weighted by Gasteiger charge is 2.08. The fraction of sp³-hybridized carbons (Fsp3) is 0.0833. The fourth-order valence-electron chi connectivity index (χ4n) is 1.42. The van der Waals surface area contributed by atoms with E-state index >= 15 is 0 Å². The largest absolute Gasteiger partial charge is 0.339 e. The van der Waals surface area contributed by atoms with Gasteiger partial charge in [0, 0.05) is 16.4 Å². The van der Waals surface area contributed by atoms with Gasteiger partial charge in [0.1, 0.15) is 11.6 Å². The van der Waals surface area contributed by atoms with Crippen LogP contribution < -0.4 is 5.32 Å². The lowest BCUT2D eigenvalue weighted by atomic mass is 10.2. The lowest BCUT2D eigenvalue weighted by Gasteiger charge is -2.11. The van der Waals surface area contributed by atoms with Crippen molar-refractivity contribution in [1.82, 2.24) is 4.98 Å². The number of anilines is 2. The zero-order valence-corrected chi connectivity index (χ0v) is 13.2. The van der Waals surface area contributed by atoms with Gasteiger partial charge in [-0.25, -0.2) is 9.37 Å². The predicted octanol–water partition coefficient (Wildman–Crippen LogP) is 5.45. The van der Waals surface area contributed by atoms with E-state index in [2.05, 4.69) is 42.2 Å². The SMILES string of the molecule is Cc1cc(F)c(Br)cc1Nc1ncc(Br)cc1Cl. The first-order valence-corrected chi connectivity index (χ1v) is 6.97. The Morgan fingerprint density at radius 3 is 2.67 bits per heavy atom. The van der Waals surface area contributed by atoms with Crippen molar-refractivity contribution in [1.29, 1.82) is 0 Å². The molecule has 2 rings (SSSR count). The first-order chi connectivity index (χ1) is 8.47. The Morgan fingerprint density at radius 1 is 1.28 bits per heavy atom. The van der Waals surface area contributed by atoms with Crippen molar-refractivity contribution in [3.8, 4) is 0 Å². The van der Waals surface area contributed by atoms with Gasteiger partial charge in [-0.05, 0) is 62.5 Å². The minimum atomic E-state index is -0.298. The van der Waals surface area contributed by atoms with E-state index in [4.69, 9.17) is 11.6 Å². The molecule has 2 nitrogen and oxygen atoms in total. The van der Waals surface area contributed by atoms with Gasteiger partial charge in [0.25, 0.3) is 0 Å². The maximum atomic E-state index is 13.3. The van der Waals surface area contributed by atoms with E-state index in [-0.39, 0.29) is 5.82 Å². The molecule has 0 unspecified atom stereocenters. The molecule has 0 saturated heterocycles. The summed E-state index contributed by atoms with van der Waals surface area (Å²) in [5.74, 6) is 0.231. The van der Waals surface area contributed by atoms with Gasteiger partial charge in [-0.3, -0.25) is 0 Å². The number of aromatic nitrogens is 1. The molecule has 0 bridgehead atoms. The molecule has 1 N–H and O–H groups in total. The van der Waals surface area contributed by atoms with Gasteiger partial charge in [0.05, 0.1) is 9.50 Å². The van der Waals surface area contributed by atoms with Gasteiger partial charge in [0.15, 0.2) is 0 Å². The van der Waals surface area contributed by atoms with Crippen LogP contribution in [0.1, 0.15) is 5.56 Å². The van der Waals surface area contributed by atoms with Crippen molar-refractivity contribution >= 4 is 55.0 Å². The molecular formula is C12H8Br2ClFN2. The van der Waals surface area contributed by atoms with Crippen LogP contribution in [0.3, 0.4) is 0 Å². The number of pyridine rings is 1. The Labute approximate surface area is 126 Å². The standard InChI is InChI=1S/C12H8Br2ClFN2/c1-6-2-10(16)8(14)4-11(6)18-12-9(15)3-7(13)5-17-12/h2-5H,1H3,(H,17,18). The monoisotopic (exact) mass is 392 g/mol. The number of halogens is 4. The van der Waals surface area contributed by atoms with Crippen LogP contribution in [0.2, 0.25) is 5.02 Å². The molecule has 0 saturated carbocycles. The van der Waals surface area contributed by atoms with Crippen molar-refractivity contribution in [3.63, 3.8) is 0 Å². The van der Waals surface area contributed by atoms with Crippen molar-refractivity contribution < 1.29 is 4.39 Å². The zero-order chi connectivity index (χ0) is 13.3. The van der Waals surface area contributed by atoms with E-state index < -0.39 is 0 Å². The number of nitrogens with one attached hydrogen (secondary N) is 1. The first kappa shape index (κ1) is 13.8. The highest BCUT2D eigenvalue weighted by atomic mass is 79.9. The van der Waals surface area contributed by atoms with E-state index in [1.54, 1.807) is 18.3 Å². The van der Waals surface area contributed by atoms with Crippen molar-refractivity contribution in [2.75, 3.05) is 5.32 Å². The second kappa shape index (κ2) is 5.55. The lowest BCUT2D eigenvalue weighted by molar-refractivity contribution is 0.620. The fourth-order valence-corrected chi connectivity index (χ4v) is 2.44. The summed E-state index contributed by atoms with van der Waals surface area (Å²) >= 11 is 12.5. The first-order valence-electron chi connectivity index (χ1n) is 5.01. The third-order valence-electron chi connectivity index (χ3n) is 2.33. The topological polar surface area (TPSA) is 24.9 Å². The Hall–Kier alpha value is -0.650. The second-order valence-corrected chi connectivity index (χ2v) is 5.87. The average Bonchev–Trinajstić information content (AvgIpc) is 2.29. The molecule has 0 aliphatic rings. The van der Waals surface area contributed by atoms with Gasteiger partial charge in [-0.1, -0.05) is 11.6 Å². The van der Waals surface area contributed by atoms with E-state index in [0.29, 0.717) is 15.3 Å². The van der Waals surface area contributed by atoms with Crippen molar-refractivity contribution in [3.05, 3.63) is 49.7 Å². The van der Waals surface area contributed by atoms with Crippen molar-refractivity contribution in [2.45, 2.75) is 6.92 Å². The summed E-state index contributed by atoms with van der Waals surface area (Å²) in [6, 6.07) is 4.84. The molecule has 0 spiro atoms. The minimum absolute atomic E-state index is 0.298. The molecule has 2 aromatic rings. The summed E-state index contributed by atoms with van der Waals surface area (Å²) in [6.45, 7) is 1.81. The Kier molecular flexibility index (Phi) is 4.25. The summed E-state index contributed by atoms with van der Waals surface area (Å²) < 4.78 is 14.5. The molecule has 0 amide bonds. The van der Waals surface area contributed by atoms with Crippen LogP contribution in [0.5, 0.6) is 0 Å². The quantitative estimate of drug-likeness (QED) is 0.733. The Morgan fingerprint density at radius 2 is 2.00 bits per heavy atom. The zero-order valence-electron chi connectivity index (χ0n) is 9.27. The van der Waals surface area contributed by atoms with Gasteiger partial charge in [-0.15, -0.1) is 0 Å². The predicted molar refractivity (Wildman–Crippen MR) is 79.1 cm³/mol.